The van der Waals surface area contributed by atoms with E-state index in [4.69, 9.17) is 17.3 Å². The van der Waals surface area contributed by atoms with Crippen LogP contribution in [-0.4, -0.2) is 6.04 Å². The van der Waals surface area contributed by atoms with Crippen molar-refractivity contribution < 1.29 is 0 Å². The highest BCUT2D eigenvalue weighted by Gasteiger charge is 2.19. The van der Waals surface area contributed by atoms with E-state index in [1.54, 1.807) is 0 Å². The molecule has 0 amide bonds. The second kappa shape index (κ2) is 4.96. The van der Waals surface area contributed by atoms with Crippen molar-refractivity contribution in [1.29, 1.82) is 0 Å². The summed E-state index contributed by atoms with van der Waals surface area (Å²) in [6.07, 6.45) is 5.12. The van der Waals surface area contributed by atoms with E-state index >= 15 is 0 Å². The van der Waals surface area contributed by atoms with Crippen LogP contribution in [0.2, 0.25) is 5.02 Å². The van der Waals surface area contributed by atoms with Crippen LogP contribution in [0.15, 0.2) is 18.2 Å². The maximum atomic E-state index is 5.97. The Kier molecular flexibility index (Phi) is 3.59. The summed E-state index contributed by atoms with van der Waals surface area (Å²) in [5.41, 5.74) is 7.68. The first-order chi connectivity index (χ1) is 7.65. The molecule has 1 aliphatic carbocycles. The van der Waals surface area contributed by atoms with Gasteiger partial charge in [-0.05, 0) is 37.0 Å². The topological polar surface area (TPSA) is 38.0 Å². The molecule has 0 aliphatic heterocycles. The lowest BCUT2D eigenvalue weighted by Crippen LogP contribution is -2.26. The van der Waals surface area contributed by atoms with Gasteiger partial charge in [0.05, 0.1) is 11.4 Å². The van der Waals surface area contributed by atoms with Crippen molar-refractivity contribution in [3.05, 3.63) is 23.2 Å². The summed E-state index contributed by atoms with van der Waals surface area (Å²) in [5, 5.41) is 4.25. The highest BCUT2D eigenvalue weighted by molar-refractivity contribution is 6.31. The molecule has 16 heavy (non-hydrogen) atoms. The molecule has 3 heteroatoms. The second-order valence-corrected chi connectivity index (χ2v) is 5.28. The Labute approximate surface area is 102 Å². The number of benzene rings is 1. The van der Waals surface area contributed by atoms with Crippen LogP contribution in [0.4, 0.5) is 11.4 Å². The van der Waals surface area contributed by atoms with Crippen molar-refractivity contribution in [2.75, 3.05) is 11.1 Å². The molecule has 1 aliphatic rings. The molecule has 0 radical (unpaired) electrons. The molecular formula is C13H19ClN2. The van der Waals surface area contributed by atoms with Gasteiger partial charge in [-0.1, -0.05) is 31.4 Å². The third kappa shape index (κ3) is 2.82. The molecule has 3 N–H and O–H groups in total. The molecule has 88 valence electrons. The fourth-order valence-electron chi connectivity index (χ4n) is 2.44. The smallest absolute Gasteiger partial charge is 0.0591 e. The molecule has 2 rings (SSSR count). The molecule has 1 fully saturated rings. The zero-order valence-corrected chi connectivity index (χ0v) is 10.4. The Morgan fingerprint density at radius 1 is 1.38 bits per heavy atom. The van der Waals surface area contributed by atoms with E-state index in [0.717, 1.165) is 22.3 Å². The largest absolute Gasteiger partial charge is 0.397 e. The maximum Gasteiger partial charge on any atom is 0.0591 e. The summed E-state index contributed by atoms with van der Waals surface area (Å²) in [5.74, 6) is 0.812. The third-order valence-electron chi connectivity index (χ3n) is 3.31. The Balaban J connectivity index is 2.05. The number of anilines is 2. The zero-order valence-electron chi connectivity index (χ0n) is 9.67. The normalized spacial score (nSPS) is 25.4. The number of hydrogen-bond acceptors (Lipinski definition) is 2. The minimum Gasteiger partial charge on any atom is -0.397 e. The maximum absolute atomic E-state index is 5.97. The third-order valence-corrected chi connectivity index (χ3v) is 3.55. The highest BCUT2D eigenvalue weighted by atomic mass is 35.5. The fourth-order valence-corrected chi connectivity index (χ4v) is 2.61. The van der Waals surface area contributed by atoms with Gasteiger partial charge in [-0.25, -0.2) is 0 Å². The van der Waals surface area contributed by atoms with E-state index < -0.39 is 0 Å². The van der Waals surface area contributed by atoms with Crippen molar-refractivity contribution in [1.82, 2.24) is 0 Å². The van der Waals surface area contributed by atoms with Crippen LogP contribution in [0, 0.1) is 5.92 Å². The molecule has 1 aromatic rings. The second-order valence-electron chi connectivity index (χ2n) is 4.84. The first-order valence-corrected chi connectivity index (χ1v) is 6.34. The Bertz CT molecular complexity index is 365. The number of nitrogens with one attached hydrogen (secondary N) is 1. The van der Waals surface area contributed by atoms with Crippen molar-refractivity contribution in [2.45, 2.75) is 38.6 Å². The van der Waals surface area contributed by atoms with Gasteiger partial charge in [-0.2, -0.15) is 0 Å². The number of halogens is 1. The molecule has 0 bridgehead atoms. The van der Waals surface area contributed by atoms with Crippen LogP contribution in [-0.2, 0) is 0 Å². The summed E-state index contributed by atoms with van der Waals surface area (Å²) < 4.78 is 0. The van der Waals surface area contributed by atoms with Gasteiger partial charge in [-0.15, -0.1) is 0 Å². The van der Waals surface area contributed by atoms with Gasteiger partial charge in [0, 0.05) is 11.1 Å². The molecular weight excluding hydrogens is 220 g/mol. The lowest BCUT2D eigenvalue weighted by atomic mass is 9.87. The molecule has 1 aromatic carbocycles. The van der Waals surface area contributed by atoms with E-state index in [2.05, 4.69) is 12.2 Å². The van der Waals surface area contributed by atoms with Crippen molar-refractivity contribution >= 4 is 23.0 Å². The lowest BCUT2D eigenvalue weighted by molar-refractivity contribution is 0.359. The molecule has 1 saturated carbocycles. The quantitative estimate of drug-likeness (QED) is 0.767. The molecule has 2 unspecified atom stereocenters. The SMILES string of the molecule is CC1CCCC(Nc2cc(Cl)ccc2N)C1. The Morgan fingerprint density at radius 3 is 2.94 bits per heavy atom. The first-order valence-electron chi connectivity index (χ1n) is 5.96. The number of nitrogen functional groups attached to an aromatic ring is 1. The zero-order chi connectivity index (χ0) is 11.5. The molecule has 0 spiro atoms. The fraction of sp³-hybridized carbons (Fsp3) is 0.538. The highest BCUT2D eigenvalue weighted by Crippen LogP contribution is 2.29. The van der Waals surface area contributed by atoms with Gasteiger partial charge in [-0.3, -0.25) is 0 Å². The van der Waals surface area contributed by atoms with E-state index in [1.807, 2.05) is 18.2 Å². The summed E-state index contributed by atoms with van der Waals surface area (Å²) >= 11 is 5.97. The van der Waals surface area contributed by atoms with Crippen LogP contribution in [0.25, 0.3) is 0 Å². The van der Waals surface area contributed by atoms with Crippen LogP contribution < -0.4 is 11.1 Å². The Hall–Kier alpha value is -0.890. The van der Waals surface area contributed by atoms with Crippen LogP contribution >= 0.6 is 11.6 Å². The Morgan fingerprint density at radius 2 is 2.19 bits per heavy atom. The number of rotatable bonds is 2. The molecule has 0 saturated heterocycles. The van der Waals surface area contributed by atoms with Gasteiger partial charge >= 0.3 is 0 Å². The van der Waals surface area contributed by atoms with Gasteiger partial charge < -0.3 is 11.1 Å². The lowest BCUT2D eigenvalue weighted by Gasteiger charge is -2.28. The van der Waals surface area contributed by atoms with Crippen molar-refractivity contribution in [3.8, 4) is 0 Å². The molecule has 2 atom stereocenters. The van der Waals surface area contributed by atoms with Crippen LogP contribution in [0.3, 0.4) is 0 Å². The minimum atomic E-state index is 0.546. The van der Waals surface area contributed by atoms with Crippen LogP contribution in [0.1, 0.15) is 32.6 Å². The summed E-state index contributed by atoms with van der Waals surface area (Å²) in [6.45, 7) is 2.31. The summed E-state index contributed by atoms with van der Waals surface area (Å²) in [7, 11) is 0. The van der Waals surface area contributed by atoms with Gasteiger partial charge in [0.15, 0.2) is 0 Å². The molecule has 2 nitrogen and oxygen atoms in total. The first kappa shape index (κ1) is 11.6. The standard InChI is InChI=1S/C13H19ClN2/c1-9-3-2-4-11(7-9)16-13-8-10(14)5-6-12(13)15/h5-6,8-9,11,16H,2-4,7,15H2,1H3. The summed E-state index contributed by atoms with van der Waals surface area (Å²) in [6, 6.07) is 6.14. The predicted octanol–water partition coefficient (Wildman–Crippen LogP) is 3.91. The molecule has 0 aromatic heterocycles. The van der Waals surface area contributed by atoms with Gasteiger partial charge in [0.1, 0.15) is 0 Å². The van der Waals surface area contributed by atoms with E-state index in [-0.39, 0.29) is 0 Å². The van der Waals surface area contributed by atoms with Gasteiger partial charge in [0.25, 0.3) is 0 Å². The number of hydrogen-bond donors (Lipinski definition) is 2. The van der Waals surface area contributed by atoms with Crippen molar-refractivity contribution in [2.24, 2.45) is 5.92 Å². The number of nitrogens with two attached hydrogens (primary N) is 1. The van der Waals surface area contributed by atoms with Crippen molar-refractivity contribution in [3.63, 3.8) is 0 Å². The molecule has 0 heterocycles. The summed E-state index contributed by atoms with van der Waals surface area (Å²) in [4.78, 5) is 0. The minimum absolute atomic E-state index is 0.546. The average Bonchev–Trinajstić information content (AvgIpc) is 2.24. The van der Waals surface area contributed by atoms with Gasteiger partial charge in [0.2, 0.25) is 0 Å². The van der Waals surface area contributed by atoms with E-state index in [0.29, 0.717) is 6.04 Å². The monoisotopic (exact) mass is 238 g/mol. The van der Waals surface area contributed by atoms with Crippen LogP contribution in [0.5, 0.6) is 0 Å². The van der Waals surface area contributed by atoms with E-state index in [9.17, 15) is 0 Å². The average molecular weight is 239 g/mol. The predicted molar refractivity (Wildman–Crippen MR) is 70.9 cm³/mol. The van der Waals surface area contributed by atoms with E-state index in [1.165, 1.54) is 25.7 Å².